The van der Waals surface area contributed by atoms with E-state index in [-0.39, 0.29) is 5.91 Å². The van der Waals surface area contributed by atoms with Gasteiger partial charge in [0.05, 0.1) is 11.7 Å². The number of nitrogens with zero attached hydrogens (tertiary/aromatic N) is 4. The predicted octanol–water partition coefficient (Wildman–Crippen LogP) is 3.37. The van der Waals surface area contributed by atoms with Crippen molar-refractivity contribution in [2.24, 2.45) is 0 Å². The van der Waals surface area contributed by atoms with Crippen LogP contribution >= 0.6 is 0 Å². The molecule has 0 saturated carbocycles. The zero-order valence-electron chi connectivity index (χ0n) is 16.0. The number of nitrogens with one attached hydrogen (secondary N) is 3. The van der Waals surface area contributed by atoms with Crippen molar-refractivity contribution in [1.82, 2.24) is 30.0 Å². The van der Waals surface area contributed by atoms with Crippen LogP contribution in [0.4, 0.5) is 5.82 Å². The molecular weight excluding hydrogens is 366 g/mol. The lowest BCUT2D eigenvalue weighted by Crippen LogP contribution is -2.17. The molecule has 0 radical (unpaired) electrons. The van der Waals surface area contributed by atoms with Gasteiger partial charge in [0, 0.05) is 52.9 Å². The molecule has 5 heterocycles. The first-order chi connectivity index (χ1) is 14.2. The second-order valence-corrected chi connectivity index (χ2v) is 7.39. The smallest absolute Gasteiger partial charge is 0.275 e. The first-order valence-electron chi connectivity index (χ1n) is 9.63. The summed E-state index contributed by atoms with van der Waals surface area (Å²) in [5.74, 6) is 0.203. The topological polar surface area (TPSA) is 103 Å². The summed E-state index contributed by atoms with van der Waals surface area (Å²) in [5, 5.41) is 10.6. The highest BCUT2D eigenvalue weighted by molar-refractivity contribution is 6.03. The molecule has 4 aromatic rings. The fourth-order valence-electron chi connectivity index (χ4n) is 3.89. The van der Waals surface area contributed by atoms with Crippen molar-refractivity contribution in [3.63, 3.8) is 0 Å². The van der Waals surface area contributed by atoms with Gasteiger partial charge < -0.3 is 10.3 Å². The lowest BCUT2D eigenvalue weighted by Gasteiger charge is -2.17. The van der Waals surface area contributed by atoms with Gasteiger partial charge in [0.1, 0.15) is 11.5 Å². The molecule has 3 N–H and O–H groups in total. The minimum absolute atomic E-state index is 0.294. The summed E-state index contributed by atoms with van der Waals surface area (Å²) in [6.07, 6.45) is 9.30. The summed E-state index contributed by atoms with van der Waals surface area (Å²) in [6.45, 7) is 1.12. The third-order valence-corrected chi connectivity index (χ3v) is 5.47. The molecule has 0 aliphatic carbocycles. The van der Waals surface area contributed by atoms with Crippen LogP contribution in [-0.2, 0) is 0 Å². The third kappa shape index (κ3) is 3.38. The van der Waals surface area contributed by atoms with Crippen LogP contribution in [0.5, 0.6) is 0 Å². The monoisotopic (exact) mass is 387 g/mol. The van der Waals surface area contributed by atoms with Crippen molar-refractivity contribution in [3.8, 4) is 11.1 Å². The van der Waals surface area contributed by atoms with Crippen molar-refractivity contribution in [2.45, 2.75) is 18.9 Å². The van der Waals surface area contributed by atoms with Crippen LogP contribution in [-0.4, -0.2) is 49.5 Å². The Hall–Kier alpha value is -3.52. The van der Waals surface area contributed by atoms with E-state index in [1.54, 1.807) is 30.9 Å². The van der Waals surface area contributed by atoms with Gasteiger partial charge in [-0.3, -0.25) is 19.8 Å². The van der Waals surface area contributed by atoms with Gasteiger partial charge in [-0.15, -0.1) is 0 Å². The number of rotatable bonds is 4. The van der Waals surface area contributed by atoms with Crippen molar-refractivity contribution in [1.29, 1.82) is 0 Å². The summed E-state index contributed by atoms with van der Waals surface area (Å²) in [6, 6.07) is 7.97. The molecular formula is C21H21N7O. The molecule has 8 heteroatoms. The number of likely N-dealkylation sites (tertiary alicyclic amines) is 1. The molecule has 1 fully saturated rings. The normalized spacial score (nSPS) is 17.1. The minimum Gasteiger partial charge on any atom is -0.357 e. The van der Waals surface area contributed by atoms with Crippen molar-refractivity contribution >= 4 is 22.6 Å². The maximum absolute atomic E-state index is 12.6. The number of amides is 1. The molecule has 8 nitrogen and oxygen atoms in total. The van der Waals surface area contributed by atoms with E-state index in [1.165, 1.54) is 12.1 Å². The van der Waals surface area contributed by atoms with Gasteiger partial charge in [-0.25, -0.2) is 4.98 Å². The quantitative estimate of drug-likeness (QED) is 0.498. The average molecular weight is 387 g/mol. The Balaban J connectivity index is 1.33. The van der Waals surface area contributed by atoms with E-state index in [1.807, 2.05) is 12.1 Å². The van der Waals surface area contributed by atoms with E-state index in [2.05, 4.69) is 48.5 Å². The van der Waals surface area contributed by atoms with Crippen LogP contribution in [0, 0.1) is 0 Å². The number of carbonyl (C=O) groups is 1. The number of pyridine rings is 2. The first kappa shape index (κ1) is 17.6. The van der Waals surface area contributed by atoms with Crippen molar-refractivity contribution in [3.05, 3.63) is 60.4 Å². The molecule has 5 rings (SSSR count). The Morgan fingerprint density at radius 1 is 1.17 bits per heavy atom. The number of aromatic amines is 2. The van der Waals surface area contributed by atoms with Crippen LogP contribution in [0.15, 0.2) is 49.1 Å². The van der Waals surface area contributed by atoms with Crippen molar-refractivity contribution in [2.75, 3.05) is 18.9 Å². The lowest BCUT2D eigenvalue weighted by molar-refractivity contribution is 0.102. The number of hydrogen-bond donors (Lipinski definition) is 3. The van der Waals surface area contributed by atoms with Crippen LogP contribution in [0.2, 0.25) is 0 Å². The lowest BCUT2D eigenvalue weighted by atomic mass is 10.1. The van der Waals surface area contributed by atoms with E-state index in [0.717, 1.165) is 35.0 Å². The van der Waals surface area contributed by atoms with E-state index < -0.39 is 0 Å². The number of aromatic nitrogens is 5. The van der Waals surface area contributed by atoms with E-state index in [9.17, 15) is 4.79 Å². The van der Waals surface area contributed by atoms with Gasteiger partial charge in [-0.2, -0.15) is 5.10 Å². The Kier molecular flexibility index (Phi) is 4.33. The maximum Gasteiger partial charge on any atom is 0.275 e. The molecule has 29 heavy (non-hydrogen) atoms. The molecule has 0 spiro atoms. The minimum atomic E-state index is -0.294. The summed E-state index contributed by atoms with van der Waals surface area (Å²) in [4.78, 5) is 27.1. The fraction of sp³-hybridized carbons (Fsp3) is 0.238. The second-order valence-electron chi connectivity index (χ2n) is 7.39. The van der Waals surface area contributed by atoms with E-state index >= 15 is 0 Å². The van der Waals surface area contributed by atoms with Crippen LogP contribution in [0.3, 0.4) is 0 Å². The summed E-state index contributed by atoms with van der Waals surface area (Å²) in [5.41, 5.74) is 4.31. The number of hydrogen-bond acceptors (Lipinski definition) is 5. The highest BCUT2D eigenvalue weighted by Gasteiger charge is 2.24. The predicted molar refractivity (Wildman–Crippen MR) is 110 cm³/mol. The van der Waals surface area contributed by atoms with Gasteiger partial charge in [0.25, 0.3) is 5.91 Å². The molecule has 1 aliphatic heterocycles. The van der Waals surface area contributed by atoms with Crippen LogP contribution in [0.1, 0.15) is 35.1 Å². The standard InChI is InChI=1S/C21H21N7O/c1-28-6-2-3-19(28)18-7-14-10-23-20(8-17(14)26-18)27-21(29)16-5-4-13(9-22-16)15-11-24-25-12-15/h4-5,7-12,19,26H,2-3,6H2,1H3,(H,24,25)(H,23,27,29)/t19-/m1/s1. The zero-order chi connectivity index (χ0) is 19.8. The first-order valence-corrected chi connectivity index (χ1v) is 9.63. The summed E-state index contributed by atoms with van der Waals surface area (Å²) in [7, 11) is 2.15. The number of carbonyl (C=O) groups excluding carboxylic acids is 1. The molecule has 1 aliphatic rings. The fourth-order valence-corrected chi connectivity index (χ4v) is 3.89. The number of fused-ring (bicyclic) bond motifs is 1. The number of H-pyrrole nitrogens is 2. The summed E-state index contributed by atoms with van der Waals surface area (Å²) >= 11 is 0. The molecule has 1 amide bonds. The van der Waals surface area contributed by atoms with E-state index in [4.69, 9.17) is 0 Å². The molecule has 4 aromatic heterocycles. The largest absolute Gasteiger partial charge is 0.357 e. The van der Waals surface area contributed by atoms with Gasteiger partial charge in [-0.05, 0) is 38.6 Å². The summed E-state index contributed by atoms with van der Waals surface area (Å²) < 4.78 is 0. The molecule has 0 aromatic carbocycles. The molecule has 0 bridgehead atoms. The van der Waals surface area contributed by atoms with E-state index in [0.29, 0.717) is 17.6 Å². The highest BCUT2D eigenvalue weighted by Crippen LogP contribution is 2.32. The Morgan fingerprint density at radius 3 is 2.83 bits per heavy atom. The molecule has 0 unspecified atom stereocenters. The molecule has 1 saturated heterocycles. The van der Waals surface area contributed by atoms with Crippen molar-refractivity contribution < 1.29 is 4.79 Å². The average Bonchev–Trinajstić information content (AvgIpc) is 3.48. The highest BCUT2D eigenvalue weighted by atomic mass is 16.1. The zero-order valence-corrected chi connectivity index (χ0v) is 16.0. The maximum atomic E-state index is 12.6. The number of anilines is 1. The molecule has 146 valence electrons. The van der Waals surface area contributed by atoms with Crippen LogP contribution in [0.25, 0.3) is 22.0 Å². The Labute approximate surface area is 167 Å². The third-order valence-electron chi connectivity index (χ3n) is 5.47. The second kappa shape index (κ2) is 7.14. The Morgan fingerprint density at radius 2 is 2.10 bits per heavy atom. The molecule has 1 atom stereocenters. The SMILES string of the molecule is CN1CCC[C@@H]1c1cc2cnc(NC(=O)c3ccc(-c4cn[nH]c4)cn3)cc2[nH]1. The van der Waals surface area contributed by atoms with Crippen LogP contribution < -0.4 is 5.32 Å². The van der Waals surface area contributed by atoms with Gasteiger partial charge in [0.2, 0.25) is 0 Å². The van der Waals surface area contributed by atoms with Gasteiger partial charge >= 0.3 is 0 Å². The van der Waals surface area contributed by atoms with Gasteiger partial charge in [0.15, 0.2) is 0 Å². The van der Waals surface area contributed by atoms with Gasteiger partial charge in [-0.1, -0.05) is 6.07 Å². The Bertz CT molecular complexity index is 1150.